The molecule has 1 saturated carbocycles. The van der Waals surface area contributed by atoms with Gasteiger partial charge in [-0.25, -0.2) is 0 Å². The monoisotopic (exact) mass is 187 g/mol. The maximum Gasteiger partial charge on any atom is 0.00466 e. The highest BCUT2D eigenvalue weighted by molar-refractivity contribution is 7.99. The molecule has 0 aromatic rings. The van der Waals surface area contributed by atoms with Crippen LogP contribution in [0, 0.1) is 5.92 Å². The fourth-order valence-corrected chi connectivity index (χ4v) is 2.01. The lowest BCUT2D eigenvalue weighted by Gasteiger charge is -2.12. The van der Waals surface area contributed by atoms with E-state index in [1.54, 1.807) is 0 Å². The molecule has 0 radical (unpaired) electrons. The predicted molar refractivity (Wildman–Crippen MR) is 57.8 cm³/mol. The molecule has 1 aliphatic rings. The van der Waals surface area contributed by atoms with Gasteiger partial charge in [-0.3, -0.25) is 0 Å². The Hall–Kier alpha value is 0.310. The first-order valence-corrected chi connectivity index (χ1v) is 6.29. The third-order valence-corrected chi connectivity index (χ3v) is 3.28. The maximum atomic E-state index is 3.59. The minimum atomic E-state index is 0.727. The third-order valence-electron chi connectivity index (χ3n) is 2.35. The van der Waals surface area contributed by atoms with Crippen molar-refractivity contribution in [3.63, 3.8) is 0 Å². The molecule has 0 aromatic carbocycles. The summed E-state index contributed by atoms with van der Waals surface area (Å²) in [6.07, 6.45) is 4.25. The fourth-order valence-electron chi connectivity index (χ4n) is 1.20. The number of hydrogen-bond donors (Lipinski definition) is 1. The van der Waals surface area contributed by atoms with Crippen molar-refractivity contribution in [2.45, 2.75) is 39.2 Å². The van der Waals surface area contributed by atoms with Crippen LogP contribution in [0.25, 0.3) is 0 Å². The number of thioether (sulfide) groups is 1. The van der Waals surface area contributed by atoms with Crippen LogP contribution in [0.4, 0.5) is 0 Å². The molecular weight excluding hydrogens is 166 g/mol. The third kappa shape index (κ3) is 5.04. The van der Waals surface area contributed by atoms with Crippen LogP contribution in [0.3, 0.4) is 0 Å². The van der Waals surface area contributed by atoms with E-state index in [1.807, 2.05) is 11.8 Å². The summed E-state index contributed by atoms with van der Waals surface area (Å²) in [5, 5.41) is 3.59. The van der Waals surface area contributed by atoms with Crippen LogP contribution >= 0.6 is 11.8 Å². The molecule has 0 aromatic heterocycles. The normalized spacial score (nSPS) is 19.5. The summed E-state index contributed by atoms with van der Waals surface area (Å²) in [6.45, 7) is 5.80. The van der Waals surface area contributed by atoms with Crippen LogP contribution in [-0.2, 0) is 0 Å². The molecule has 2 heteroatoms. The van der Waals surface area contributed by atoms with Crippen molar-refractivity contribution in [2.75, 3.05) is 18.1 Å². The van der Waals surface area contributed by atoms with Crippen molar-refractivity contribution < 1.29 is 0 Å². The SMILES string of the molecule is CCSCCC(C)NCC1CC1. The summed E-state index contributed by atoms with van der Waals surface area (Å²) in [7, 11) is 0. The summed E-state index contributed by atoms with van der Waals surface area (Å²) in [5.41, 5.74) is 0. The van der Waals surface area contributed by atoms with E-state index < -0.39 is 0 Å². The minimum Gasteiger partial charge on any atom is -0.314 e. The predicted octanol–water partition coefficient (Wildman–Crippen LogP) is 2.52. The molecule has 1 rings (SSSR count). The number of hydrogen-bond acceptors (Lipinski definition) is 2. The van der Waals surface area contributed by atoms with Gasteiger partial charge in [-0.05, 0) is 50.2 Å². The molecule has 1 fully saturated rings. The molecule has 72 valence electrons. The molecule has 0 spiro atoms. The minimum absolute atomic E-state index is 0.727. The van der Waals surface area contributed by atoms with Crippen LogP contribution in [0.5, 0.6) is 0 Å². The first-order chi connectivity index (χ1) is 5.83. The Kier molecular flexibility index (Phi) is 5.08. The zero-order valence-corrected chi connectivity index (χ0v) is 9.12. The Morgan fingerprint density at radius 2 is 2.25 bits per heavy atom. The van der Waals surface area contributed by atoms with Crippen LogP contribution in [0.1, 0.15) is 33.1 Å². The van der Waals surface area contributed by atoms with Crippen LogP contribution in [0.2, 0.25) is 0 Å². The van der Waals surface area contributed by atoms with Gasteiger partial charge in [0.25, 0.3) is 0 Å². The molecule has 0 aliphatic heterocycles. The van der Waals surface area contributed by atoms with Gasteiger partial charge in [0.1, 0.15) is 0 Å². The molecule has 12 heavy (non-hydrogen) atoms. The molecule has 0 bridgehead atoms. The smallest absolute Gasteiger partial charge is 0.00466 e. The summed E-state index contributed by atoms with van der Waals surface area (Å²) >= 11 is 2.05. The molecule has 0 heterocycles. The van der Waals surface area contributed by atoms with E-state index in [1.165, 1.54) is 37.3 Å². The number of rotatable bonds is 7. The molecule has 1 unspecified atom stereocenters. The van der Waals surface area contributed by atoms with E-state index in [0.717, 1.165) is 12.0 Å². The second-order valence-corrected chi connectivity index (χ2v) is 5.13. The Morgan fingerprint density at radius 1 is 1.50 bits per heavy atom. The van der Waals surface area contributed by atoms with E-state index in [-0.39, 0.29) is 0 Å². The molecule has 1 N–H and O–H groups in total. The van der Waals surface area contributed by atoms with Crippen LogP contribution < -0.4 is 5.32 Å². The molecule has 0 saturated heterocycles. The highest BCUT2D eigenvalue weighted by Crippen LogP contribution is 2.27. The van der Waals surface area contributed by atoms with Crippen molar-refractivity contribution >= 4 is 11.8 Å². The van der Waals surface area contributed by atoms with Crippen LogP contribution in [0.15, 0.2) is 0 Å². The first kappa shape index (κ1) is 10.4. The average molecular weight is 187 g/mol. The van der Waals surface area contributed by atoms with Crippen molar-refractivity contribution in [3.05, 3.63) is 0 Å². The van der Waals surface area contributed by atoms with Crippen molar-refractivity contribution in [2.24, 2.45) is 5.92 Å². The van der Waals surface area contributed by atoms with Gasteiger partial charge in [-0.15, -0.1) is 0 Å². The van der Waals surface area contributed by atoms with Gasteiger partial charge in [0.2, 0.25) is 0 Å². The van der Waals surface area contributed by atoms with Gasteiger partial charge < -0.3 is 5.32 Å². The topological polar surface area (TPSA) is 12.0 Å². The van der Waals surface area contributed by atoms with E-state index >= 15 is 0 Å². The summed E-state index contributed by atoms with van der Waals surface area (Å²) in [6, 6.07) is 0.727. The Bertz CT molecular complexity index is 112. The summed E-state index contributed by atoms with van der Waals surface area (Å²) in [4.78, 5) is 0. The Morgan fingerprint density at radius 3 is 2.83 bits per heavy atom. The van der Waals surface area contributed by atoms with Crippen LogP contribution in [-0.4, -0.2) is 24.1 Å². The second kappa shape index (κ2) is 5.87. The zero-order valence-electron chi connectivity index (χ0n) is 8.31. The largest absolute Gasteiger partial charge is 0.314 e. The average Bonchev–Trinajstić information content (AvgIpc) is 2.84. The van der Waals surface area contributed by atoms with Gasteiger partial charge in [0.15, 0.2) is 0 Å². The van der Waals surface area contributed by atoms with Gasteiger partial charge in [-0.1, -0.05) is 6.92 Å². The van der Waals surface area contributed by atoms with Gasteiger partial charge in [0, 0.05) is 6.04 Å². The molecule has 0 amide bonds. The lowest BCUT2D eigenvalue weighted by molar-refractivity contribution is 0.519. The Balaban J connectivity index is 1.84. The summed E-state index contributed by atoms with van der Waals surface area (Å²) in [5.74, 6) is 3.59. The van der Waals surface area contributed by atoms with Crippen molar-refractivity contribution in [3.8, 4) is 0 Å². The quantitative estimate of drug-likeness (QED) is 0.615. The maximum absolute atomic E-state index is 3.59. The zero-order chi connectivity index (χ0) is 8.81. The van der Waals surface area contributed by atoms with Gasteiger partial charge in [0.05, 0.1) is 0 Å². The van der Waals surface area contributed by atoms with Crippen molar-refractivity contribution in [1.29, 1.82) is 0 Å². The standard InChI is InChI=1S/C10H21NS/c1-3-12-7-6-9(2)11-8-10-4-5-10/h9-11H,3-8H2,1-2H3. The van der Waals surface area contributed by atoms with Gasteiger partial charge in [-0.2, -0.15) is 11.8 Å². The molecular formula is C10H21NS. The second-order valence-electron chi connectivity index (χ2n) is 3.74. The highest BCUT2D eigenvalue weighted by Gasteiger charge is 2.20. The molecule has 1 nitrogen and oxygen atoms in total. The molecule has 1 aliphatic carbocycles. The highest BCUT2D eigenvalue weighted by atomic mass is 32.2. The van der Waals surface area contributed by atoms with E-state index in [4.69, 9.17) is 0 Å². The lowest BCUT2D eigenvalue weighted by Crippen LogP contribution is -2.28. The first-order valence-electron chi connectivity index (χ1n) is 5.14. The van der Waals surface area contributed by atoms with E-state index in [9.17, 15) is 0 Å². The lowest BCUT2D eigenvalue weighted by atomic mass is 10.2. The van der Waals surface area contributed by atoms with E-state index in [0.29, 0.717) is 0 Å². The summed E-state index contributed by atoms with van der Waals surface area (Å²) < 4.78 is 0. The van der Waals surface area contributed by atoms with Crippen molar-refractivity contribution in [1.82, 2.24) is 5.32 Å². The van der Waals surface area contributed by atoms with E-state index in [2.05, 4.69) is 19.2 Å². The number of nitrogens with one attached hydrogen (secondary N) is 1. The Labute approximate surface area is 80.7 Å². The van der Waals surface area contributed by atoms with Gasteiger partial charge >= 0.3 is 0 Å². The molecule has 1 atom stereocenters. The fraction of sp³-hybridized carbons (Fsp3) is 1.00.